The van der Waals surface area contributed by atoms with Gasteiger partial charge in [-0.2, -0.15) is 0 Å². The first-order valence-electron chi connectivity index (χ1n) is 9.69. The first kappa shape index (κ1) is 23.6. The molecule has 0 spiro atoms. The number of nitrogens with zero attached hydrogens (tertiary/aromatic N) is 1. The lowest BCUT2D eigenvalue weighted by Gasteiger charge is -2.10. The minimum Gasteiger partial charge on any atom is -0.497 e. The van der Waals surface area contributed by atoms with Gasteiger partial charge in [0.25, 0.3) is 11.6 Å². The number of ether oxygens (including phenoxy) is 2. The highest BCUT2D eigenvalue weighted by Crippen LogP contribution is 2.27. The Balaban J connectivity index is 1.60. The summed E-state index contributed by atoms with van der Waals surface area (Å²) in [6.45, 7) is 0. The molecular formula is C23H21N3O6S. The number of methoxy groups -OCH3 is 2. The number of carbonyl (C=O) groups is 2. The molecule has 3 aromatic carbocycles. The van der Waals surface area contributed by atoms with E-state index in [1.54, 1.807) is 36.4 Å². The van der Waals surface area contributed by atoms with Gasteiger partial charge in [-0.15, -0.1) is 11.8 Å². The maximum Gasteiger partial charge on any atom is 0.270 e. The van der Waals surface area contributed by atoms with Crippen LogP contribution in [-0.2, 0) is 4.79 Å². The first-order chi connectivity index (χ1) is 15.9. The van der Waals surface area contributed by atoms with Crippen LogP contribution in [0.5, 0.6) is 11.5 Å². The van der Waals surface area contributed by atoms with Crippen LogP contribution in [0.1, 0.15) is 10.4 Å². The number of carbonyl (C=O) groups excluding carboxylic acids is 2. The molecule has 3 rings (SSSR count). The number of nitro groups is 1. The van der Waals surface area contributed by atoms with E-state index in [1.807, 2.05) is 6.07 Å². The molecule has 0 saturated carbocycles. The van der Waals surface area contributed by atoms with E-state index in [2.05, 4.69) is 10.6 Å². The fraction of sp³-hybridized carbons (Fsp3) is 0.130. The summed E-state index contributed by atoms with van der Waals surface area (Å²) in [5, 5.41) is 16.4. The second-order valence-electron chi connectivity index (χ2n) is 6.73. The van der Waals surface area contributed by atoms with Gasteiger partial charge in [0.1, 0.15) is 11.5 Å². The van der Waals surface area contributed by atoms with Crippen molar-refractivity contribution < 1.29 is 24.0 Å². The second kappa shape index (κ2) is 11.0. The average Bonchev–Trinajstić information content (AvgIpc) is 2.82. The molecule has 0 aliphatic heterocycles. The summed E-state index contributed by atoms with van der Waals surface area (Å²) in [5.74, 6) is 0.572. The Morgan fingerprint density at radius 2 is 1.61 bits per heavy atom. The van der Waals surface area contributed by atoms with Gasteiger partial charge in [0.2, 0.25) is 5.91 Å². The standard InChI is InChI=1S/C23H21N3O6S/c1-31-19-10-17(11-20(13-19)32-2)24-22(27)14-33-21-8-4-6-16(12-21)25-23(28)15-5-3-7-18(9-15)26(29)30/h3-13H,14H2,1-2H3,(H,24,27)(H,25,28). The fourth-order valence-electron chi connectivity index (χ4n) is 2.85. The molecule has 0 unspecified atom stereocenters. The maximum absolute atomic E-state index is 12.4. The number of nitro benzene ring substituents is 1. The summed E-state index contributed by atoms with van der Waals surface area (Å²) < 4.78 is 10.4. The highest BCUT2D eigenvalue weighted by molar-refractivity contribution is 8.00. The molecule has 10 heteroatoms. The fourth-order valence-corrected chi connectivity index (χ4v) is 3.61. The second-order valence-corrected chi connectivity index (χ2v) is 7.78. The topological polar surface area (TPSA) is 120 Å². The van der Waals surface area contributed by atoms with E-state index in [9.17, 15) is 19.7 Å². The van der Waals surface area contributed by atoms with Crippen LogP contribution in [-0.4, -0.2) is 36.7 Å². The van der Waals surface area contributed by atoms with E-state index in [-0.39, 0.29) is 22.9 Å². The molecule has 0 aliphatic rings. The predicted octanol–water partition coefficient (Wildman–Crippen LogP) is 4.60. The number of thioether (sulfide) groups is 1. The van der Waals surface area contributed by atoms with Crippen molar-refractivity contribution in [3.05, 3.63) is 82.4 Å². The highest BCUT2D eigenvalue weighted by Gasteiger charge is 2.12. The van der Waals surface area contributed by atoms with Crippen molar-refractivity contribution in [2.75, 3.05) is 30.6 Å². The molecule has 0 bridgehead atoms. The van der Waals surface area contributed by atoms with Crippen LogP contribution in [0.2, 0.25) is 0 Å². The van der Waals surface area contributed by atoms with Crippen molar-refractivity contribution in [2.24, 2.45) is 0 Å². The van der Waals surface area contributed by atoms with Crippen molar-refractivity contribution in [3.8, 4) is 11.5 Å². The van der Waals surface area contributed by atoms with Gasteiger partial charge in [-0.3, -0.25) is 19.7 Å². The van der Waals surface area contributed by atoms with Gasteiger partial charge in [-0.25, -0.2) is 0 Å². The summed E-state index contributed by atoms with van der Waals surface area (Å²) in [6.07, 6.45) is 0. The van der Waals surface area contributed by atoms with Crippen LogP contribution in [0.3, 0.4) is 0 Å². The van der Waals surface area contributed by atoms with E-state index in [1.165, 1.54) is 50.2 Å². The SMILES string of the molecule is COc1cc(NC(=O)CSc2cccc(NC(=O)c3cccc([N+](=O)[O-])c3)c2)cc(OC)c1. The largest absolute Gasteiger partial charge is 0.497 e. The van der Waals surface area contributed by atoms with Gasteiger partial charge in [0.15, 0.2) is 0 Å². The summed E-state index contributed by atoms with van der Waals surface area (Å²) in [4.78, 5) is 36.0. The molecule has 9 nitrogen and oxygen atoms in total. The lowest BCUT2D eigenvalue weighted by Crippen LogP contribution is -2.14. The van der Waals surface area contributed by atoms with Gasteiger partial charge in [0, 0.05) is 52.2 Å². The van der Waals surface area contributed by atoms with E-state index < -0.39 is 10.8 Å². The quantitative estimate of drug-likeness (QED) is 0.268. The number of hydrogen-bond acceptors (Lipinski definition) is 7. The number of hydrogen-bond donors (Lipinski definition) is 2. The third-order valence-electron chi connectivity index (χ3n) is 4.42. The van der Waals surface area contributed by atoms with Gasteiger partial charge in [-0.1, -0.05) is 12.1 Å². The Kier molecular flexibility index (Phi) is 7.87. The molecule has 0 fully saturated rings. The Morgan fingerprint density at radius 3 is 2.27 bits per heavy atom. The van der Waals surface area contributed by atoms with Gasteiger partial charge in [-0.05, 0) is 24.3 Å². The Bertz CT molecular complexity index is 1160. The molecule has 2 N–H and O–H groups in total. The maximum atomic E-state index is 12.4. The Labute approximate surface area is 194 Å². The molecule has 170 valence electrons. The van der Waals surface area contributed by atoms with Gasteiger partial charge < -0.3 is 20.1 Å². The molecule has 3 aromatic rings. The van der Waals surface area contributed by atoms with Crippen molar-refractivity contribution in [2.45, 2.75) is 4.90 Å². The number of rotatable bonds is 9. The first-order valence-corrected chi connectivity index (χ1v) is 10.7. The summed E-state index contributed by atoms with van der Waals surface area (Å²) in [7, 11) is 3.06. The van der Waals surface area contributed by atoms with Crippen molar-refractivity contribution >= 4 is 40.6 Å². The Hall–Kier alpha value is -4.05. The molecular weight excluding hydrogens is 446 g/mol. The minimum absolute atomic E-state index is 0.141. The number of amides is 2. The van der Waals surface area contributed by atoms with E-state index in [0.717, 1.165) is 4.90 Å². The monoisotopic (exact) mass is 467 g/mol. The Morgan fingerprint density at radius 1 is 0.909 bits per heavy atom. The predicted molar refractivity (Wildman–Crippen MR) is 126 cm³/mol. The number of nitrogens with one attached hydrogen (secondary N) is 2. The highest BCUT2D eigenvalue weighted by atomic mass is 32.2. The molecule has 0 aromatic heterocycles. The summed E-state index contributed by atoms with van der Waals surface area (Å²) in [6, 6.07) is 17.6. The molecule has 2 amide bonds. The van der Waals surface area contributed by atoms with Crippen molar-refractivity contribution in [1.29, 1.82) is 0 Å². The summed E-state index contributed by atoms with van der Waals surface area (Å²) >= 11 is 1.30. The van der Waals surface area contributed by atoms with Crippen LogP contribution in [0.25, 0.3) is 0 Å². The van der Waals surface area contributed by atoms with Crippen molar-refractivity contribution in [3.63, 3.8) is 0 Å². The normalized spacial score (nSPS) is 10.2. The lowest BCUT2D eigenvalue weighted by atomic mass is 10.2. The molecule has 0 radical (unpaired) electrons. The number of anilines is 2. The zero-order valence-electron chi connectivity index (χ0n) is 17.9. The van der Waals surface area contributed by atoms with Crippen molar-refractivity contribution in [1.82, 2.24) is 0 Å². The average molecular weight is 468 g/mol. The van der Waals surface area contributed by atoms with E-state index in [4.69, 9.17) is 9.47 Å². The third kappa shape index (κ3) is 6.71. The summed E-state index contributed by atoms with van der Waals surface area (Å²) in [5.41, 5.74) is 1.08. The third-order valence-corrected chi connectivity index (χ3v) is 5.41. The van der Waals surface area contributed by atoms with Crippen LogP contribution in [0, 0.1) is 10.1 Å². The van der Waals surface area contributed by atoms with Gasteiger partial charge >= 0.3 is 0 Å². The van der Waals surface area contributed by atoms with Gasteiger partial charge in [0.05, 0.1) is 24.9 Å². The minimum atomic E-state index is -0.555. The van der Waals surface area contributed by atoms with E-state index >= 15 is 0 Å². The number of non-ortho nitro benzene ring substituents is 1. The van der Waals surface area contributed by atoms with Crippen LogP contribution in [0.15, 0.2) is 71.6 Å². The zero-order valence-corrected chi connectivity index (χ0v) is 18.7. The molecule has 0 atom stereocenters. The van der Waals surface area contributed by atoms with Crippen LogP contribution >= 0.6 is 11.8 Å². The van der Waals surface area contributed by atoms with E-state index in [0.29, 0.717) is 22.9 Å². The lowest BCUT2D eigenvalue weighted by molar-refractivity contribution is -0.384. The van der Waals surface area contributed by atoms with Crippen LogP contribution < -0.4 is 20.1 Å². The number of benzene rings is 3. The molecule has 0 saturated heterocycles. The molecule has 0 heterocycles. The van der Waals surface area contributed by atoms with Crippen LogP contribution in [0.4, 0.5) is 17.1 Å². The smallest absolute Gasteiger partial charge is 0.270 e. The molecule has 0 aliphatic carbocycles. The zero-order chi connectivity index (χ0) is 23.8. The molecule has 33 heavy (non-hydrogen) atoms.